The molecule has 0 saturated carbocycles. The van der Waals surface area contributed by atoms with Gasteiger partial charge in [-0.15, -0.1) is 0 Å². The first kappa shape index (κ1) is 22.6. The van der Waals surface area contributed by atoms with Gasteiger partial charge >= 0.3 is 0 Å². The monoisotopic (exact) mass is 438 g/mol. The first-order valence-electron chi connectivity index (χ1n) is 7.01. The number of nitrogens with zero attached hydrogens (tertiary/aromatic N) is 6. The molecule has 3 aromatic rings. The fraction of sp³-hybridized carbons (Fsp3) is 0.250. The Labute approximate surface area is 160 Å². The zero-order chi connectivity index (χ0) is 20.8. The highest BCUT2D eigenvalue weighted by molar-refractivity contribution is 8.13. The standard InChI is InChI=1S/C4H5ClN2O2S.C4H7N3O2S.C4H7N3/c2*1-7-3-2-4(6-7)10(5,8)9;1-7-3-2-4(5)6-7/h2-3H,1H3;2-3H,1H3,(H2,5,8,9);2-3H,1H3,(H2,5,6). The summed E-state index contributed by atoms with van der Waals surface area (Å²) in [6, 6.07) is 4.43. The number of hydrogen-bond donors (Lipinski definition) is 2. The van der Waals surface area contributed by atoms with Crippen molar-refractivity contribution in [1.29, 1.82) is 0 Å². The van der Waals surface area contributed by atoms with E-state index in [1.165, 1.54) is 33.9 Å². The fourth-order valence-corrected chi connectivity index (χ4v) is 2.69. The molecule has 0 aliphatic carbocycles. The van der Waals surface area contributed by atoms with Crippen molar-refractivity contribution in [2.45, 2.75) is 10.1 Å². The first-order chi connectivity index (χ1) is 12.3. The minimum atomic E-state index is -3.64. The van der Waals surface area contributed by atoms with E-state index >= 15 is 0 Å². The topological polar surface area (TPSA) is 174 Å². The summed E-state index contributed by atoms with van der Waals surface area (Å²) in [6.07, 6.45) is 4.82. The predicted molar refractivity (Wildman–Crippen MR) is 98.4 cm³/mol. The van der Waals surface area contributed by atoms with Crippen LogP contribution in [0.5, 0.6) is 0 Å². The van der Waals surface area contributed by atoms with Crippen molar-refractivity contribution < 1.29 is 16.8 Å². The zero-order valence-corrected chi connectivity index (χ0v) is 17.0. The Bertz CT molecular complexity index is 1000. The van der Waals surface area contributed by atoms with E-state index in [9.17, 15) is 16.8 Å². The van der Waals surface area contributed by atoms with Crippen molar-refractivity contribution in [2.75, 3.05) is 5.73 Å². The number of halogens is 1. The van der Waals surface area contributed by atoms with Gasteiger partial charge in [-0.1, -0.05) is 0 Å². The number of sulfonamides is 1. The molecule has 0 aliphatic rings. The number of nitrogen functional groups attached to an aromatic ring is 1. The van der Waals surface area contributed by atoms with Crippen LogP contribution in [-0.2, 0) is 40.2 Å². The van der Waals surface area contributed by atoms with Crippen LogP contribution in [0.1, 0.15) is 0 Å². The van der Waals surface area contributed by atoms with Crippen molar-refractivity contribution >= 4 is 35.6 Å². The fourth-order valence-electron chi connectivity index (χ4n) is 1.50. The molecule has 0 unspecified atom stereocenters. The lowest BCUT2D eigenvalue weighted by Gasteiger charge is -1.87. The van der Waals surface area contributed by atoms with Gasteiger partial charge in [0.1, 0.15) is 5.82 Å². The van der Waals surface area contributed by atoms with Crippen LogP contribution >= 0.6 is 10.7 Å². The summed E-state index contributed by atoms with van der Waals surface area (Å²) < 4.78 is 46.6. The summed E-state index contributed by atoms with van der Waals surface area (Å²) in [5, 5.41) is 15.5. The van der Waals surface area contributed by atoms with Gasteiger partial charge in [-0.2, -0.15) is 15.3 Å². The number of hydrogen-bond acceptors (Lipinski definition) is 8. The van der Waals surface area contributed by atoms with Crippen LogP contribution in [0, 0.1) is 0 Å². The molecule has 27 heavy (non-hydrogen) atoms. The predicted octanol–water partition coefficient (Wildman–Crippen LogP) is -0.583. The van der Waals surface area contributed by atoms with E-state index in [0.717, 1.165) is 0 Å². The Morgan fingerprint density at radius 3 is 1.37 bits per heavy atom. The Balaban J connectivity index is 0.000000206. The molecule has 150 valence electrons. The number of anilines is 1. The van der Waals surface area contributed by atoms with Crippen LogP contribution < -0.4 is 10.9 Å². The zero-order valence-electron chi connectivity index (χ0n) is 14.6. The quantitative estimate of drug-likeness (QED) is 0.499. The van der Waals surface area contributed by atoms with Crippen LogP contribution in [0.25, 0.3) is 0 Å². The highest BCUT2D eigenvalue weighted by Crippen LogP contribution is 2.09. The summed E-state index contributed by atoms with van der Waals surface area (Å²) >= 11 is 0. The second kappa shape index (κ2) is 8.98. The smallest absolute Gasteiger partial charge is 0.280 e. The van der Waals surface area contributed by atoms with Gasteiger partial charge in [-0.3, -0.25) is 14.0 Å². The number of primary sulfonamides is 1. The van der Waals surface area contributed by atoms with E-state index in [1.54, 1.807) is 31.0 Å². The van der Waals surface area contributed by atoms with E-state index in [0.29, 0.717) is 5.82 Å². The van der Waals surface area contributed by atoms with Crippen LogP contribution in [0.3, 0.4) is 0 Å². The maximum Gasteiger partial charge on any atom is 0.280 e. The summed E-state index contributed by atoms with van der Waals surface area (Å²) in [6.45, 7) is 0. The molecule has 4 N–H and O–H groups in total. The molecule has 0 fully saturated rings. The lowest BCUT2D eigenvalue weighted by molar-refractivity contribution is 0.589. The Hall–Kier alpha value is -2.42. The third-order valence-electron chi connectivity index (χ3n) is 2.65. The molecule has 3 heterocycles. The van der Waals surface area contributed by atoms with E-state index < -0.39 is 19.1 Å². The maximum atomic E-state index is 10.5. The van der Waals surface area contributed by atoms with Crippen LogP contribution in [-0.4, -0.2) is 46.2 Å². The van der Waals surface area contributed by atoms with E-state index in [-0.39, 0.29) is 10.1 Å². The van der Waals surface area contributed by atoms with Crippen LogP contribution in [0.15, 0.2) is 46.8 Å². The normalized spacial score (nSPS) is 11.1. The molecule has 15 heteroatoms. The van der Waals surface area contributed by atoms with Gasteiger partial charge in [0.2, 0.25) is 0 Å². The maximum absolute atomic E-state index is 10.5. The average molecular weight is 439 g/mol. The van der Waals surface area contributed by atoms with Gasteiger partial charge in [0, 0.05) is 50.4 Å². The van der Waals surface area contributed by atoms with Gasteiger partial charge in [0.15, 0.2) is 10.1 Å². The molecule has 0 aromatic carbocycles. The average Bonchev–Trinajstić information content (AvgIpc) is 3.21. The summed E-state index contributed by atoms with van der Waals surface area (Å²) in [7, 11) is 2.78. The van der Waals surface area contributed by atoms with Gasteiger partial charge in [0.25, 0.3) is 19.1 Å². The molecule has 0 atom stereocenters. The van der Waals surface area contributed by atoms with Crippen molar-refractivity contribution in [2.24, 2.45) is 26.3 Å². The molecule has 12 nitrogen and oxygen atoms in total. The second-order valence-corrected chi connectivity index (χ2v) is 9.07. The van der Waals surface area contributed by atoms with E-state index in [4.69, 9.17) is 21.6 Å². The third kappa shape index (κ3) is 8.21. The van der Waals surface area contributed by atoms with Crippen molar-refractivity contribution in [1.82, 2.24) is 29.3 Å². The summed E-state index contributed by atoms with van der Waals surface area (Å²) in [5.74, 6) is 0.572. The lowest BCUT2D eigenvalue weighted by atomic mass is 10.7. The van der Waals surface area contributed by atoms with Gasteiger partial charge < -0.3 is 5.73 Å². The molecule has 0 bridgehead atoms. The molecule has 0 radical (unpaired) electrons. The minimum absolute atomic E-state index is 0.102. The second-order valence-electron chi connectivity index (χ2n) is 5.05. The number of aryl methyl sites for hydroxylation is 3. The van der Waals surface area contributed by atoms with E-state index in [1.807, 2.05) is 7.05 Å². The largest absolute Gasteiger partial charge is 0.382 e. The van der Waals surface area contributed by atoms with Crippen molar-refractivity contribution in [3.05, 3.63) is 36.8 Å². The first-order valence-corrected chi connectivity index (χ1v) is 10.9. The molecular formula is C12H19ClN8O4S2. The Morgan fingerprint density at radius 2 is 1.22 bits per heavy atom. The SMILES string of the molecule is Cn1ccc(N)n1.Cn1ccc(S(=O)(=O)Cl)n1.Cn1ccc(S(N)(=O)=O)n1. The molecule has 0 aliphatic heterocycles. The molecule has 3 aromatic heterocycles. The molecule has 3 rings (SSSR count). The number of aromatic nitrogens is 6. The Kier molecular flexibility index (Phi) is 7.53. The van der Waals surface area contributed by atoms with E-state index in [2.05, 4.69) is 15.3 Å². The summed E-state index contributed by atoms with van der Waals surface area (Å²) in [5.41, 5.74) is 5.25. The minimum Gasteiger partial charge on any atom is -0.382 e. The van der Waals surface area contributed by atoms with Crippen LogP contribution in [0.2, 0.25) is 0 Å². The van der Waals surface area contributed by atoms with Gasteiger partial charge in [-0.05, 0) is 18.2 Å². The Morgan fingerprint density at radius 1 is 0.815 bits per heavy atom. The third-order valence-corrected chi connectivity index (χ3v) is 4.65. The highest BCUT2D eigenvalue weighted by Gasteiger charge is 2.11. The molecule has 0 saturated heterocycles. The number of rotatable bonds is 2. The molecule has 0 amide bonds. The van der Waals surface area contributed by atoms with Crippen molar-refractivity contribution in [3.8, 4) is 0 Å². The molecule has 0 spiro atoms. The molecular weight excluding hydrogens is 420 g/mol. The van der Waals surface area contributed by atoms with Crippen LogP contribution in [0.4, 0.5) is 5.82 Å². The highest BCUT2D eigenvalue weighted by atomic mass is 35.7. The summed E-state index contributed by atoms with van der Waals surface area (Å²) in [4.78, 5) is 0. The van der Waals surface area contributed by atoms with Gasteiger partial charge in [-0.25, -0.2) is 22.0 Å². The van der Waals surface area contributed by atoms with Gasteiger partial charge in [0.05, 0.1) is 0 Å². The lowest BCUT2D eigenvalue weighted by Crippen LogP contribution is -2.13. The van der Waals surface area contributed by atoms with Crippen molar-refractivity contribution in [3.63, 3.8) is 0 Å². The number of nitrogens with two attached hydrogens (primary N) is 2.